The molecule has 3 rings (SSSR count). The summed E-state index contributed by atoms with van der Waals surface area (Å²) in [6.45, 7) is 4.90. The zero-order valence-electron chi connectivity index (χ0n) is 15.4. The molecule has 1 heterocycles. The molecule has 27 heavy (non-hydrogen) atoms. The van der Waals surface area contributed by atoms with Crippen LogP contribution >= 0.6 is 0 Å². The van der Waals surface area contributed by atoms with Crippen molar-refractivity contribution < 1.29 is 9.53 Å². The zero-order valence-corrected chi connectivity index (χ0v) is 15.4. The van der Waals surface area contributed by atoms with E-state index in [2.05, 4.69) is 45.7 Å². The van der Waals surface area contributed by atoms with Crippen molar-refractivity contribution in [3.8, 4) is 0 Å². The van der Waals surface area contributed by atoms with Crippen molar-refractivity contribution in [2.45, 2.75) is 20.4 Å². The molecule has 0 radical (unpaired) electrons. The Morgan fingerprint density at radius 2 is 1.81 bits per heavy atom. The van der Waals surface area contributed by atoms with Gasteiger partial charge in [0.05, 0.1) is 12.2 Å². The summed E-state index contributed by atoms with van der Waals surface area (Å²) in [5.74, 6) is 1.08. The average Bonchev–Trinajstić information content (AvgIpc) is 2.68. The number of nitrogens with one attached hydrogen (secondary N) is 2. The predicted octanol–water partition coefficient (Wildman–Crippen LogP) is 4.32. The van der Waals surface area contributed by atoms with Gasteiger partial charge in [-0.3, -0.25) is 0 Å². The van der Waals surface area contributed by atoms with Gasteiger partial charge in [0.25, 0.3) is 0 Å². The predicted molar refractivity (Wildman–Crippen MR) is 106 cm³/mol. The minimum absolute atomic E-state index is 0.325. The molecule has 2 aromatic carbocycles. The molecule has 0 amide bonds. The Bertz CT molecular complexity index is 910. The van der Waals surface area contributed by atoms with Gasteiger partial charge >= 0.3 is 5.97 Å². The Kier molecular flexibility index (Phi) is 5.99. The topological polar surface area (TPSA) is 76.1 Å². The zero-order chi connectivity index (χ0) is 19.1. The Labute approximate surface area is 158 Å². The van der Waals surface area contributed by atoms with E-state index in [1.54, 1.807) is 19.1 Å². The molecule has 1 aromatic heterocycles. The quantitative estimate of drug-likeness (QED) is 0.610. The van der Waals surface area contributed by atoms with Crippen molar-refractivity contribution >= 4 is 23.3 Å². The van der Waals surface area contributed by atoms with Crippen molar-refractivity contribution in [3.63, 3.8) is 0 Å². The Morgan fingerprint density at radius 1 is 1.04 bits per heavy atom. The summed E-state index contributed by atoms with van der Waals surface area (Å²) < 4.78 is 4.98. The van der Waals surface area contributed by atoms with Crippen LogP contribution in [-0.2, 0) is 11.3 Å². The first kappa shape index (κ1) is 18.4. The Balaban J connectivity index is 1.62. The largest absolute Gasteiger partial charge is 0.462 e. The molecule has 0 saturated carbocycles. The number of hydrogen-bond acceptors (Lipinski definition) is 6. The standard InChI is InChI=1S/C21H22N4O2/c1-3-27-21(26)17-7-9-18(10-8-17)25-20-12-19(23-14-24-20)22-13-16-6-4-5-15(2)11-16/h4-12,14H,3,13H2,1-2H3,(H2,22,23,24,25). The lowest BCUT2D eigenvalue weighted by Gasteiger charge is -2.09. The molecule has 0 aliphatic heterocycles. The maximum Gasteiger partial charge on any atom is 0.338 e. The van der Waals surface area contributed by atoms with E-state index in [4.69, 9.17) is 4.74 Å². The van der Waals surface area contributed by atoms with Crippen LogP contribution in [0.25, 0.3) is 0 Å². The van der Waals surface area contributed by atoms with Gasteiger partial charge < -0.3 is 15.4 Å². The van der Waals surface area contributed by atoms with Crippen molar-refractivity contribution in [2.24, 2.45) is 0 Å². The number of hydrogen-bond donors (Lipinski definition) is 2. The van der Waals surface area contributed by atoms with Crippen LogP contribution in [0.4, 0.5) is 17.3 Å². The van der Waals surface area contributed by atoms with Gasteiger partial charge in [0.1, 0.15) is 18.0 Å². The van der Waals surface area contributed by atoms with Crippen LogP contribution in [0.1, 0.15) is 28.4 Å². The van der Waals surface area contributed by atoms with Crippen LogP contribution in [0.3, 0.4) is 0 Å². The van der Waals surface area contributed by atoms with E-state index < -0.39 is 0 Å². The number of anilines is 3. The van der Waals surface area contributed by atoms with Gasteiger partial charge in [-0.15, -0.1) is 0 Å². The van der Waals surface area contributed by atoms with Crippen molar-refractivity contribution in [1.29, 1.82) is 0 Å². The van der Waals surface area contributed by atoms with E-state index in [0.717, 1.165) is 11.5 Å². The van der Waals surface area contributed by atoms with E-state index in [1.165, 1.54) is 17.5 Å². The molecular weight excluding hydrogens is 340 g/mol. The third-order valence-corrected chi connectivity index (χ3v) is 3.89. The van der Waals surface area contributed by atoms with Crippen LogP contribution in [0.15, 0.2) is 60.9 Å². The van der Waals surface area contributed by atoms with Gasteiger partial charge in [-0.05, 0) is 43.7 Å². The van der Waals surface area contributed by atoms with Gasteiger partial charge in [0.2, 0.25) is 0 Å². The smallest absolute Gasteiger partial charge is 0.338 e. The van der Waals surface area contributed by atoms with Crippen molar-refractivity contribution in [2.75, 3.05) is 17.2 Å². The lowest BCUT2D eigenvalue weighted by Crippen LogP contribution is -2.05. The van der Waals surface area contributed by atoms with E-state index in [1.807, 2.05) is 24.3 Å². The molecule has 3 aromatic rings. The van der Waals surface area contributed by atoms with Crippen LogP contribution in [0.2, 0.25) is 0 Å². The number of nitrogens with zero attached hydrogens (tertiary/aromatic N) is 2. The van der Waals surface area contributed by atoms with Crippen LogP contribution in [0.5, 0.6) is 0 Å². The second kappa shape index (κ2) is 8.80. The highest BCUT2D eigenvalue weighted by Crippen LogP contribution is 2.18. The maximum absolute atomic E-state index is 11.7. The highest BCUT2D eigenvalue weighted by atomic mass is 16.5. The molecule has 0 bridgehead atoms. The highest BCUT2D eigenvalue weighted by Gasteiger charge is 2.06. The number of esters is 1. The second-order valence-electron chi connectivity index (χ2n) is 6.05. The fourth-order valence-electron chi connectivity index (χ4n) is 2.59. The van der Waals surface area contributed by atoms with Gasteiger partial charge in [-0.1, -0.05) is 29.8 Å². The highest BCUT2D eigenvalue weighted by molar-refractivity contribution is 5.89. The van der Waals surface area contributed by atoms with E-state index >= 15 is 0 Å². The molecule has 0 unspecified atom stereocenters. The summed E-state index contributed by atoms with van der Waals surface area (Å²) in [7, 11) is 0. The summed E-state index contributed by atoms with van der Waals surface area (Å²) in [6, 6.07) is 17.2. The molecule has 138 valence electrons. The van der Waals surface area contributed by atoms with Crippen LogP contribution in [0, 0.1) is 6.92 Å². The van der Waals surface area contributed by atoms with Gasteiger partial charge in [0, 0.05) is 18.3 Å². The fraction of sp³-hybridized carbons (Fsp3) is 0.190. The lowest BCUT2D eigenvalue weighted by atomic mass is 10.1. The first-order chi connectivity index (χ1) is 13.1. The molecule has 6 heteroatoms. The molecule has 0 aliphatic rings. The number of aryl methyl sites for hydroxylation is 1. The number of benzene rings is 2. The van der Waals surface area contributed by atoms with Crippen molar-refractivity contribution in [3.05, 3.63) is 77.6 Å². The summed E-state index contributed by atoms with van der Waals surface area (Å²) in [5.41, 5.74) is 3.76. The van der Waals surface area contributed by atoms with Crippen LogP contribution < -0.4 is 10.6 Å². The molecule has 0 aliphatic carbocycles. The molecule has 0 fully saturated rings. The summed E-state index contributed by atoms with van der Waals surface area (Å²) in [5, 5.41) is 6.51. The average molecular weight is 362 g/mol. The van der Waals surface area contributed by atoms with Gasteiger partial charge in [-0.2, -0.15) is 0 Å². The molecule has 0 spiro atoms. The number of rotatable bonds is 7. The number of carbonyl (C=O) groups excluding carboxylic acids is 1. The minimum atomic E-state index is -0.325. The van der Waals surface area contributed by atoms with Gasteiger partial charge in [0.15, 0.2) is 0 Å². The third kappa shape index (κ3) is 5.28. The van der Waals surface area contributed by atoms with E-state index in [0.29, 0.717) is 24.5 Å². The van der Waals surface area contributed by atoms with E-state index in [9.17, 15) is 4.79 Å². The number of carbonyl (C=O) groups is 1. The SMILES string of the molecule is CCOC(=O)c1ccc(Nc2cc(NCc3cccc(C)c3)ncn2)cc1. The lowest BCUT2D eigenvalue weighted by molar-refractivity contribution is 0.0526. The summed E-state index contributed by atoms with van der Waals surface area (Å²) >= 11 is 0. The summed E-state index contributed by atoms with van der Waals surface area (Å²) in [6.07, 6.45) is 1.51. The first-order valence-corrected chi connectivity index (χ1v) is 8.79. The number of aromatic nitrogens is 2. The third-order valence-electron chi connectivity index (χ3n) is 3.89. The molecule has 0 saturated heterocycles. The summed E-state index contributed by atoms with van der Waals surface area (Å²) in [4.78, 5) is 20.2. The minimum Gasteiger partial charge on any atom is -0.462 e. The molecule has 2 N–H and O–H groups in total. The normalized spacial score (nSPS) is 10.3. The van der Waals surface area contributed by atoms with Crippen molar-refractivity contribution in [1.82, 2.24) is 9.97 Å². The second-order valence-corrected chi connectivity index (χ2v) is 6.05. The molecular formula is C21H22N4O2. The molecule has 6 nitrogen and oxygen atoms in total. The van der Waals surface area contributed by atoms with Crippen LogP contribution in [-0.4, -0.2) is 22.5 Å². The Morgan fingerprint density at radius 3 is 2.56 bits per heavy atom. The maximum atomic E-state index is 11.7. The Hall–Kier alpha value is -3.41. The molecule has 0 atom stereocenters. The first-order valence-electron chi connectivity index (χ1n) is 8.79. The number of ether oxygens (including phenoxy) is 1. The monoisotopic (exact) mass is 362 g/mol. The van der Waals surface area contributed by atoms with Gasteiger partial charge in [-0.25, -0.2) is 14.8 Å². The van der Waals surface area contributed by atoms with E-state index in [-0.39, 0.29) is 5.97 Å². The fourth-order valence-corrected chi connectivity index (χ4v) is 2.59.